The zero-order valence-electron chi connectivity index (χ0n) is 14.0. The highest BCUT2D eigenvalue weighted by Crippen LogP contribution is 2.34. The molecule has 1 amide bonds. The molecule has 3 heterocycles. The van der Waals surface area contributed by atoms with Gasteiger partial charge in [-0.1, -0.05) is 22.8 Å². The summed E-state index contributed by atoms with van der Waals surface area (Å²) in [6, 6.07) is 9.34. The lowest BCUT2D eigenvalue weighted by atomic mass is 10.1. The molecule has 134 valence electrons. The molecule has 0 radical (unpaired) electrons. The first-order valence-corrected chi connectivity index (χ1v) is 9.38. The number of nitrogens with zero attached hydrogens (tertiary/aromatic N) is 3. The van der Waals surface area contributed by atoms with Crippen LogP contribution in [0.2, 0.25) is 5.02 Å². The Morgan fingerprint density at radius 3 is 3.04 bits per heavy atom. The van der Waals surface area contributed by atoms with E-state index in [0.29, 0.717) is 41.9 Å². The third-order valence-corrected chi connectivity index (χ3v) is 5.50. The van der Waals surface area contributed by atoms with Crippen molar-refractivity contribution in [2.45, 2.75) is 18.8 Å². The quantitative estimate of drug-likeness (QED) is 0.661. The van der Waals surface area contributed by atoms with Crippen LogP contribution in [0.4, 0.5) is 5.69 Å². The number of methoxy groups -OCH3 is 1. The first kappa shape index (κ1) is 17.1. The fourth-order valence-corrected chi connectivity index (χ4v) is 3.97. The molecule has 26 heavy (non-hydrogen) atoms. The summed E-state index contributed by atoms with van der Waals surface area (Å²) in [7, 11) is 1.56. The third-order valence-electron chi connectivity index (χ3n) is 4.33. The average Bonchev–Trinajstić information content (AvgIpc) is 3.36. The topological polar surface area (TPSA) is 68.5 Å². The van der Waals surface area contributed by atoms with Crippen LogP contribution in [0.25, 0.3) is 0 Å². The maximum Gasteiger partial charge on any atom is 0.231 e. The van der Waals surface area contributed by atoms with Crippen LogP contribution in [-0.4, -0.2) is 29.7 Å². The van der Waals surface area contributed by atoms with E-state index in [4.69, 9.17) is 20.9 Å². The molecule has 8 heteroatoms. The molecule has 2 aromatic heterocycles. The molecule has 3 aromatic rings. The van der Waals surface area contributed by atoms with Crippen LogP contribution in [0.5, 0.6) is 5.75 Å². The van der Waals surface area contributed by atoms with Gasteiger partial charge in [0.25, 0.3) is 0 Å². The Kier molecular flexibility index (Phi) is 4.65. The highest BCUT2D eigenvalue weighted by molar-refractivity contribution is 7.09. The van der Waals surface area contributed by atoms with Crippen molar-refractivity contribution in [3.63, 3.8) is 0 Å². The number of carbonyl (C=O) groups is 1. The molecule has 1 saturated heterocycles. The summed E-state index contributed by atoms with van der Waals surface area (Å²) in [5.41, 5.74) is 0.741. The zero-order valence-corrected chi connectivity index (χ0v) is 15.6. The lowest BCUT2D eigenvalue weighted by Gasteiger charge is -2.17. The van der Waals surface area contributed by atoms with E-state index in [0.717, 1.165) is 10.6 Å². The molecule has 1 unspecified atom stereocenters. The van der Waals surface area contributed by atoms with Gasteiger partial charge in [-0.2, -0.15) is 4.98 Å². The molecule has 1 aromatic carbocycles. The van der Waals surface area contributed by atoms with E-state index in [2.05, 4.69) is 10.1 Å². The fourth-order valence-electron chi connectivity index (χ4n) is 3.02. The summed E-state index contributed by atoms with van der Waals surface area (Å²) in [4.78, 5) is 19.8. The van der Waals surface area contributed by atoms with Gasteiger partial charge in [0.2, 0.25) is 11.8 Å². The average molecular weight is 390 g/mol. The molecule has 0 N–H and O–H groups in total. The third kappa shape index (κ3) is 3.32. The number of ether oxygens (including phenoxy) is 1. The molecule has 1 aliphatic rings. The van der Waals surface area contributed by atoms with Gasteiger partial charge in [0.05, 0.1) is 18.6 Å². The second-order valence-corrected chi connectivity index (χ2v) is 7.47. The minimum atomic E-state index is -0.0933. The molecule has 0 bridgehead atoms. The highest BCUT2D eigenvalue weighted by Gasteiger charge is 2.34. The van der Waals surface area contributed by atoms with Crippen molar-refractivity contribution in [3.8, 4) is 5.75 Å². The van der Waals surface area contributed by atoms with E-state index >= 15 is 0 Å². The van der Waals surface area contributed by atoms with Gasteiger partial charge in [0.15, 0.2) is 5.82 Å². The smallest absolute Gasteiger partial charge is 0.231 e. The fraction of sp³-hybridized carbons (Fsp3) is 0.278. The van der Waals surface area contributed by atoms with Crippen molar-refractivity contribution in [1.29, 1.82) is 0 Å². The molecule has 0 spiro atoms. The summed E-state index contributed by atoms with van der Waals surface area (Å²) in [6.45, 7) is 0.499. The predicted molar refractivity (Wildman–Crippen MR) is 99.1 cm³/mol. The number of carbonyl (C=O) groups excluding carboxylic acids is 1. The van der Waals surface area contributed by atoms with E-state index < -0.39 is 0 Å². The first-order valence-electron chi connectivity index (χ1n) is 8.13. The molecule has 1 aliphatic heterocycles. The Bertz CT molecular complexity index is 926. The Morgan fingerprint density at radius 1 is 1.42 bits per heavy atom. The summed E-state index contributed by atoms with van der Waals surface area (Å²) in [5.74, 6) is 1.65. The van der Waals surface area contributed by atoms with E-state index in [1.807, 2.05) is 23.6 Å². The normalized spacial score (nSPS) is 17.1. The van der Waals surface area contributed by atoms with Gasteiger partial charge in [0, 0.05) is 29.4 Å². The van der Waals surface area contributed by atoms with Gasteiger partial charge in [-0.05, 0) is 29.6 Å². The van der Waals surface area contributed by atoms with E-state index in [-0.39, 0.29) is 11.8 Å². The molecule has 4 rings (SSSR count). The van der Waals surface area contributed by atoms with Gasteiger partial charge >= 0.3 is 0 Å². The number of benzene rings is 1. The second-order valence-electron chi connectivity index (χ2n) is 6.03. The van der Waals surface area contributed by atoms with Gasteiger partial charge in [-0.3, -0.25) is 4.79 Å². The largest absolute Gasteiger partial charge is 0.495 e. The molecular formula is C18H16ClN3O3S. The number of anilines is 1. The van der Waals surface area contributed by atoms with E-state index in [1.165, 1.54) is 0 Å². The lowest BCUT2D eigenvalue weighted by molar-refractivity contribution is -0.117. The Labute approximate surface area is 159 Å². The monoisotopic (exact) mass is 389 g/mol. The van der Waals surface area contributed by atoms with Crippen molar-refractivity contribution in [2.75, 3.05) is 18.6 Å². The van der Waals surface area contributed by atoms with Crippen LogP contribution >= 0.6 is 22.9 Å². The summed E-state index contributed by atoms with van der Waals surface area (Å²) < 4.78 is 10.5. The lowest BCUT2D eigenvalue weighted by Crippen LogP contribution is -2.24. The standard InChI is InChI=1S/C18H16ClN3O3S/c1-24-15-5-4-12(8-14(15)19)22-10-11(7-17(22)23)18-20-16(25-21-18)9-13-3-2-6-26-13/h2-6,8,11H,7,9-10H2,1H3. The van der Waals surface area contributed by atoms with Crippen molar-refractivity contribution in [1.82, 2.24) is 10.1 Å². The Morgan fingerprint density at radius 2 is 2.31 bits per heavy atom. The summed E-state index contributed by atoms with van der Waals surface area (Å²) in [6.07, 6.45) is 0.963. The number of hydrogen-bond acceptors (Lipinski definition) is 6. The van der Waals surface area contributed by atoms with Crippen LogP contribution in [0.1, 0.15) is 28.9 Å². The molecule has 0 saturated carbocycles. The van der Waals surface area contributed by atoms with E-state index in [9.17, 15) is 4.79 Å². The van der Waals surface area contributed by atoms with Crippen molar-refractivity contribution in [3.05, 3.63) is 57.3 Å². The molecule has 1 atom stereocenters. The van der Waals surface area contributed by atoms with Crippen molar-refractivity contribution in [2.24, 2.45) is 0 Å². The van der Waals surface area contributed by atoms with Gasteiger partial charge < -0.3 is 14.2 Å². The predicted octanol–water partition coefficient (Wildman–Crippen LogP) is 3.90. The van der Waals surface area contributed by atoms with Gasteiger partial charge in [-0.15, -0.1) is 11.3 Å². The van der Waals surface area contributed by atoms with Crippen LogP contribution in [0.3, 0.4) is 0 Å². The van der Waals surface area contributed by atoms with Crippen LogP contribution in [-0.2, 0) is 11.2 Å². The van der Waals surface area contributed by atoms with Crippen LogP contribution < -0.4 is 9.64 Å². The minimum absolute atomic E-state index is 0.0147. The highest BCUT2D eigenvalue weighted by atomic mass is 35.5. The number of hydrogen-bond donors (Lipinski definition) is 0. The first-order chi connectivity index (χ1) is 12.6. The number of halogens is 1. The summed E-state index contributed by atoms with van der Waals surface area (Å²) >= 11 is 7.83. The Balaban J connectivity index is 1.49. The molecule has 6 nitrogen and oxygen atoms in total. The number of rotatable bonds is 5. The Hall–Kier alpha value is -2.38. The molecule has 0 aliphatic carbocycles. The van der Waals surface area contributed by atoms with Crippen LogP contribution in [0, 0.1) is 0 Å². The molecular weight excluding hydrogens is 374 g/mol. The van der Waals surface area contributed by atoms with Gasteiger partial charge in [0.1, 0.15) is 5.75 Å². The van der Waals surface area contributed by atoms with E-state index in [1.54, 1.807) is 35.5 Å². The van der Waals surface area contributed by atoms with Gasteiger partial charge in [-0.25, -0.2) is 0 Å². The number of thiophene rings is 1. The maximum atomic E-state index is 12.5. The second kappa shape index (κ2) is 7.09. The minimum Gasteiger partial charge on any atom is -0.495 e. The molecule has 1 fully saturated rings. The van der Waals surface area contributed by atoms with Crippen LogP contribution in [0.15, 0.2) is 40.2 Å². The summed E-state index contributed by atoms with van der Waals surface area (Å²) in [5, 5.41) is 6.57. The zero-order chi connectivity index (χ0) is 18.1. The maximum absolute atomic E-state index is 12.5. The number of aromatic nitrogens is 2. The van der Waals surface area contributed by atoms with Crippen molar-refractivity contribution < 1.29 is 14.1 Å². The van der Waals surface area contributed by atoms with Crippen molar-refractivity contribution >= 4 is 34.5 Å². The number of amides is 1. The SMILES string of the molecule is COc1ccc(N2CC(c3noc(Cc4cccs4)n3)CC2=O)cc1Cl.